The number of thioether (sulfide) groups is 1. The molecule has 2 amide bonds. The van der Waals surface area contributed by atoms with Crippen molar-refractivity contribution in [3.63, 3.8) is 0 Å². The van der Waals surface area contributed by atoms with Gasteiger partial charge in [0.1, 0.15) is 24.2 Å². The summed E-state index contributed by atoms with van der Waals surface area (Å²) < 4.78 is 22.5. The molecule has 0 spiro atoms. The molecule has 0 aliphatic carbocycles. The van der Waals surface area contributed by atoms with Gasteiger partial charge in [-0.25, -0.2) is 0 Å². The van der Waals surface area contributed by atoms with Crippen molar-refractivity contribution < 1.29 is 42.9 Å². The molecule has 2 aromatic carbocycles. The Morgan fingerprint density at radius 2 is 1.32 bits per heavy atom. The van der Waals surface area contributed by atoms with Crippen LogP contribution in [0.15, 0.2) is 35.2 Å². The zero-order valence-corrected chi connectivity index (χ0v) is 25.4. The molecule has 0 unspecified atom stereocenters. The van der Waals surface area contributed by atoms with Crippen LogP contribution < -0.4 is 0 Å². The van der Waals surface area contributed by atoms with E-state index in [9.17, 15) is 24.0 Å². The molecule has 41 heavy (non-hydrogen) atoms. The first-order chi connectivity index (χ1) is 19.3. The molecule has 10 nitrogen and oxygen atoms in total. The van der Waals surface area contributed by atoms with Gasteiger partial charge in [0.15, 0.2) is 12.2 Å². The van der Waals surface area contributed by atoms with Crippen LogP contribution in [0.2, 0.25) is 20.1 Å². The van der Waals surface area contributed by atoms with Gasteiger partial charge in [0.2, 0.25) is 0 Å². The van der Waals surface area contributed by atoms with Crippen molar-refractivity contribution >= 4 is 87.9 Å². The lowest BCUT2D eigenvalue weighted by molar-refractivity contribution is -0.216. The van der Waals surface area contributed by atoms with Gasteiger partial charge in [0.25, 0.3) is 11.8 Å². The molecule has 0 N–H and O–H groups in total. The number of imide groups is 1. The lowest BCUT2D eigenvalue weighted by Crippen LogP contribution is -2.66. The van der Waals surface area contributed by atoms with Crippen molar-refractivity contribution in [2.24, 2.45) is 0 Å². The number of nitrogens with zero attached hydrogens (tertiary/aromatic N) is 1. The number of esters is 3. The Labute approximate surface area is 258 Å². The van der Waals surface area contributed by atoms with Crippen LogP contribution in [0.3, 0.4) is 0 Å². The number of halogens is 4. The highest BCUT2D eigenvalue weighted by Gasteiger charge is 2.58. The zero-order valence-electron chi connectivity index (χ0n) is 21.5. The number of benzene rings is 2. The third-order valence-corrected chi connectivity index (χ3v) is 9.06. The van der Waals surface area contributed by atoms with E-state index in [0.717, 1.165) is 30.5 Å². The Morgan fingerprint density at radius 1 is 0.805 bits per heavy atom. The highest BCUT2D eigenvalue weighted by Crippen LogP contribution is 2.47. The van der Waals surface area contributed by atoms with E-state index >= 15 is 0 Å². The SMILES string of the molecule is CC(=O)OC[C@@H]1O[C@H](Sc2ccccc2)[C@@H](N2C(=O)c3c(Cl)c(Cl)c(Cl)c(Cl)c3C2=O)[C@H](OC(C)=O)[C@H]1OC(C)=O. The van der Waals surface area contributed by atoms with Crippen LogP contribution in [-0.4, -0.2) is 71.0 Å². The number of hydrogen-bond donors (Lipinski definition) is 0. The summed E-state index contributed by atoms with van der Waals surface area (Å²) in [6.45, 7) is 3.00. The van der Waals surface area contributed by atoms with E-state index in [2.05, 4.69) is 0 Å². The maximum absolute atomic E-state index is 13.9. The molecule has 0 aromatic heterocycles. The Bertz CT molecular complexity index is 1380. The molecule has 15 heteroatoms. The highest BCUT2D eigenvalue weighted by atomic mass is 35.5. The summed E-state index contributed by atoms with van der Waals surface area (Å²) in [4.78, 5) is 65.3. The van der Waals surface area contributed by atoms with Crippen molar-refractivity contribution in [1.29, 1.82) is 0 Å². The van der Waals surface area contributed by atoms with Crippen molar-refractivity contribution in [3.8, 4) is 0 Å². The zero-order chi connectivity index (χ0) is 30.2. The summed E-state index contributed by atoms with van der Waals surface area (Å²) in [5.74, 6) is -4.08. The first kappa shape index (κ1) is 31.4. The van der Waals surface area contributed by atoms with Gasteiger partial charge in [0.05, 0.1) is 31.2 Å². The fraction of sp³-hybridized carbons (Fsp3) is 0.346. The number of rotatable bonds is 7. The average Bonchev–Trinajstić information content (AvgIpc) is 3.16. The molecular formula is C26H21Cl4NO9S. The Kier molecular flexibility index (Phi) is 9.77. The molecule has 2 aliphatic heterocycles. The van der Waals surface area contributed by atoms with Gasteiger partial charge in [-0.05, 0) is 12.1 Å². The fourth-order valence-corrected chi connectivity index (χ4v) is 6.74. The average molecular weight is 665 g/mol. The second-order valence-corrected chi connectivity index (χ2v) is 11.6. The van der Waals surface area contributed by atoms with E-state index in [4.69, 9.17) is 65.4 Å². The quantitative estimate of drug-likeness (QED) is 0.128. The monoisotopic (exact) mass is 663 g/mol. The van der Waals surface area contributed by atoms with Crippen molar-refractivity contribution in [2.45, 2.75) is 55.5 Å². The molecular weight excluding hydrogens is 644 g/mol. The molecule has 0 bridgehead atoms. The van der Waals surface area contributed by atoms with Crippen molar-refractivity contribution in [3.05, 3.63) is 61.5 Å². The maximum Gasteiger partial charge on any atom is 0.303 e. The van der Waals surface area contributed by atoms with Gasteiger partial charge in [-0.1, -0.05) is 76.4 Å². The van der Waals surface area contributed by atoms with Gasteiger partial charge in [-0.15, -0.1) is 0 Å². The lowest BCUT2D eigenvalue weighted by atomic mass is 9.96. The predicted molar refractivity (Wildman–Crippen MR) is 149 cm³/mol. The molecule has 2 aliphatic rings. The van der Waals surface area contributed by atoms with E-state index < -0.39 is 66.1 Å². The first-order valence-electron chi connectivity index (χ1n) is 11.9. The van der Waals surface area contributed by atoms with Gasteiger partial charge < -0.3 is 18.9 Å². The molecule has 2 heterocycles. The fourth-order valence-electron chi connectivity index (χ4n) is 4.52. The Hall–Kier alpha value is -2.54. The van der Waals surface area contributed by atoms with Crippen LogP contribution in [0.4, 0.5) is 0 Å². The van der Waals surface area contributed by atoms with Crippen LogP contribution in [0, 0.1) is 0 Å². The van der Waals surface area contributed by atoms with E-state index in [1.54, 1.807) is 30.3 Å². The van der Waals surface area contributed by atoms with E-state index in [1.807, 2.05) is 0 Å². The normalized spacial score (nSPS) is 23.7. The second kappa shape index (κ2) is 12.8. The number of amides is 2. The summed E-state index contributed by atoms with van der Waals surface area (Å²) in [5, 5.41) is -1.06. The van der Waals surface area contributed by atoms with Crippen molar-refractivity contribution in [2.75, 3.05) is 6.61 Å². The van der Waals surface area contributed by atoms with Crippen LogP contribution in [0.5, 0.6) is 0 Å². The minimum absolute atomic E-state index is 0.231. The Morgan fingerprint density at radius 3 is 1.80 bits per heavy atom. The minimum Gasteiger partial charge on any atom is -0.463 e. The van der Waals surface area contributed by atoms with Crippen LogP contribution >= 0.6 is 58.2 Å². The van der Waals surface area contributed by atoms with Gasteiger partial charge in [-0.2, -0.15) is 0 Å². The third kappa shape index (κ3) is 6.30. The second-order valence-electron chi connectivity index (χ2n) is 8.90. The Balaban J connectivity index is 1.89. The predicted octanol–water partition coefficient (Wildman–Crippen LogP) is 5.21. The summed E-state index contributed by atoms with van der Waals surface area (Å²) in [6.07, 6.45) is -4.04. The topological polar surface area (TPSA) is 126 Å². The molecule has 218 valence electrons. The number of carbonyl (C=O) groups excluding carboxylic acids is 5. The number of hydrogen-bond acceptors (Lipinski definition) is 10. The molecule has 2 aromatic rings. The summed E-state index contributed by atoms with van der Waals surface area (Å²) in [5.41, 5.74) is -1.74. The van der Waals surface area contributed by atoms with Gasteiger partial charge in [0, 0.05) is 25.7 Å². The van der Waals surface area contributed by atoms with E-state index in [1.165, 1.54) is 6.92 Å². The molecule has 5 atom stereocenters. The summed E-state index contributed by atoms with van der Waals surface area (Å²) in [7, 11) is 0. The third-order valence-electron chi connectivity index (χ3n) is 6.10. The van der Waals surface area contributed by atoms with Gasteiger partial charge in [-0.3, -0.25) is 28.9 Å². The smallest absolute Gasteiger partial charge is 0.303 e. The number of fused-ring (bicyclic) bond motifs is 1. The number of ether oxygens (including phenoxy) is 4. The number of carbonyl (C=O) groups is 5. The molecule has 1 fully saturated rings. The lowest BCUT2D eigenvalue weighted by Gasteiger charge is -2.47. The summed E-state index contributed by atoms with van der Waals surface area (Å²) >= 11 is 26.1. The first-order valence-corrected chi connectivity index (χ1v) is 14.3. The standard InChI is InChI=1S/C26H21Cl4NO9S/c1-10(32)37-9-14-22(38-11(2)33)23(39-12(3)34)21(26(40-14)41-13-7-5-4-6-8-13)31-24(35)15-16(25(31)36)18(28)20(30)19(29)17(15)27/h4-8,14,21-23,26H,9H2,1-3H3/t14-,21-,22-,23-,26+/m0/s1. The molecule has 1 saturated heterocycles. The highest BCUT2D eigenvalue weighted by molar-refractivity contribution is 7.99. The molecule has 0 radical (unpaired) electrons. The van der Waals surface area contributed by atoms with Crippen LogP contribution in [-0.2, 0) is 33.3 Å². The summed E-state index contributed by atoms with van der Waals surface area (Å²) in [6, 6.07) is 7.40. The van der Waals surface area contributed by atoms with Crippen molar-refractivity contribution in [1.82, 2.24) is 4.90 Å². The maximum atomic E-state index is 13.9. The van der Waals surface area contributed by atoms with Crippen LogP contribution in [0.25, 0.3) is 0 Å². The van der Waals surface area contributed by atoms with E-state index in [-0.39, 0.29) is 31.2 Å². The largest absolute Gasteiger partial charge is 0.463 e. The molecule has 4 rings (SSSR count). The van der Waals surface area contributed by atoms with Gasteiger partial charge >= 0.3 is 17.9 Å². The molecule has 0 saturated carbocycles. The minimum atomic E-state index is -1.47. The van der Waals surface area contributed by atoms with E-state index in [0.29, 0.717) is 4.90 Å². The van der Waals surface area contributed by atoms with Crippen LogP contribution in [0.1, 0.15) is 41.5 Å².